The van der Waals surface area contributed by atoms with Crippen LogP contribution in [0.25, 0.3) is 11.1 Å². The fraction of sp³-hybridized carbons (Fsp3) is 0.214. The van der Waals surface area contributed by atoms with Crippen LogP contribution in [0.3, 0.4) is 0 Å². The molecule has 0 spiro atoms. The second kappa shape index (κ2) is 4.79. The number of ether oxygens (including phenoxy) is 1. The van der Waals surface area contributed by atoms with Gasteiger partial charge in [0.2, 0.25) is 0 Å². The lowest BCUT2D eigenvalue weighted by Crippen LogP contribution is -2.03. The van der Waals surface area contributed by atoms with Gasteiger partial charge in [0.1, 0.15) is 0 Å². The fourth-order valence-corrected chi connectivity index (χ4v) is 1.82. The van der Waals surface area contributed by atoms with Crippen molar-refractivity contribution in [2.75, 3.05) is 6.61 Å². The van der Waals surface area contributed by atoms with Crippen molar-refractivity contribution in [3.63, 3.8) is 0 Å². The summed E-state index contributed by atoms with van der Waals surface area (Å²) < 4.78 is 4.96. The summed E-state index contributed by atoms with van der Waals surface area (Å²) in [5.41, 5.74) is 3.67. The molecule has 2 aliphatic carbocycles. The average Bonchev–Trinajstić information content (AvgIpc) is 2.62. The maximum absolute atomic E-state index is 10.7. The van der Waals surface area contributed by atoms with E-state index in [1.807, 2.05) is 18.2 Å². The first-order chi connectivity index (χ1) is 7.77. The zero-order valence-electron chi connectivity index (χ0n) is 9.27. The second-order valence-corrected chi connectivity index (χ2v) is 3.73. The highest BCUT2D eigenvalue weighted by Gasteiger charge is 2.05. The van der Waals surface area contributed by atoms with Crippen LogP contribution in [-0.4, -0.2) is 12.6 Å². The summed E-state index contributed by atoms with van der Waals surface area (Å²) in [6.45, 7) is 1.88. The number of hydrogen-bond donors (Lipinski definition) is 0. The van der Waals surface area contributed by atoms with Crippen molar-refractivity contribution >= 4 is 5.97 Å². The zero-order chi connectivity index (χ0) is 11.4. The van der Waals surface area contributed by atoms with Gasteiger partial charge in [0, 0.05) is 13.3 Å². The van der Waals surface area contributed by atoms with E-state index in [2.05, 4.69) is 24.3 Å². The molecule has 0 fully saturated rings. The largest absolute Gasteiger partial charge is 0.466 e. The number of carbonyl (C=O) groups excluding carboxylic acids is 1. The van der Waals surface area contributed by atoms with Gasteiger partial charge in [-0.25, -0.2) is 0 Å². The normalized spacial score (nSPS) is 10.3. The van der Waals surface area contributed by atoms with E-state index in [0.717, 1.165) is 6.42 Å². The van der Waals surface area contributed by atoms with Crippen LogP contribution in [-0.2, 0) is 16.0 Å². The Morgan fingerprint density at radius 1 is 1.12 bits per heavy atom. The maximum Gasteiger partial charge on any atom is 0.302 e. The first-order valence-corrected chi connectivity index (χ1v) is 5.37. The molecule has 0 N–H and O–H groups in total. The van der Waals surface area contributed by atoms with Crippen molar-refractivity contribution in [3.8, 4) is 11.1 Å². The molecule has 0 saturated carbocycles. The SMILES string of the molecule is CC(=O)OCCc1ccccc2cccc1-2. The number of carbonyl (C=O) groups is 1. The molecule has 2 heteroatoms. The minimum absolute atomic E-state index is 0.223. The highest BCUT2D eigenvalue weighted by molar-refractivity contribution is 5.69. The monoisotopic (exact) mass is 214 g/mol. The van der Waals surface area contributed by atoms with Crippen LogP contribution in [0, 0.1) is 0 Å². The van der Waals surface area contributed by atoms with E-state index in [9.17, 15) is 4.79 Å². The number of rotatable bonds is 3. The lowest BCUT2D eigenvalue weighted by molar-refractivity contribution is -0.140. The van der Waals surface area contributed by atoms with E-state index in [1.54, 1.807) is 0 Å². The summed E-state index contributed by atoms with van der Waals surface area (Å²) in [4.78, 5) is 10.7. The van der Waals surface area contributed by atoms with Gasteiger partial charge in [-0.3, -0.25) is 4.79 Å². The Hall–Kier alpha value is -1.83. The number of hydrogen-bond acceptors (Lipinski definition) is 2. The summed E-state index contributed by atoms with van der Waals surface area (Å²) in [7, 11) is 0. The quantitative estimate of drug-likeness (QED) is 0.734. The fourth-order valence-electron chi connectivity index (χ4n) is 1.82. The van der Waals surface area contributed by atoms with Crippen molar-refractivity contribution in [2.24, 2.45) is 0 Å². The summed E-state index contributed by atoms with van der Waals surface area (Å²) in [6, 6.07) is 14.4. The third-order valence-corrected chi connectivity index (χ3v) is 2.56. The predicted molar refractivity (Wildman–Crippen MR) is 63.4 cm³/mol. The second-order valence-electron chi connectivity index (χ2n) is 3.73. The molecule has 0 unspecified atom stereocenters. The Kier molecular flexibility index (Phi) is 3.20. The molecule has 0 radical (unpaired) electrons. The van der Waals surface area contributed by atoms with Crippen LogP contribution < -0.4 is 0 Å². The molecule has 0 heterocycles. The van der Waals surface area contributed by atoms with Gasteiger partial charge in [-0.1, -0.05) is 42.5 Å². The topological polar surface area (TPSA) is 26.3 Å². The van der Waals surface area contributed by atoms with Crippen molar-refractivity contribution in [1.82, 2.24) is 0 Å². The van der Waals surface area contributed by atoms with Gasteiger partial charge in [0.05, 0.1) is 6.61 Å². The van der Waals surface area contributed by atoms with E-state index in [1.165, 1.54) is 23.6 Å². The van der Waals surface area contributed by atoms with Crippen molar-refractivity contribution in [3.05, 3.63) is 48.0 Å². The van der Waals surface area contributed by atoms with Crippen LogP contribution in [0.1, 0.15) is 12.5 Å². The van der Waals surface area contributed by atoms with E-state index in [0.29, 0.717) is 6.61 Å². The molecule has 2 aliphatic rings. The molecule has 82 valence electrons. The first kappa shape index (κ1) is 10.7. The first-order valence-electron chi connectivity index (χ1n) is 5.37. The Morgan fingerprint density at radius 3 is 2.69 bits per heavy atom. The smallest absolute Gasteiger partial charge is 0.302 e. The Balaban J connectivity index is 2.16. The van der Waals surface area contributed by atoms with E-state index in [4.69, 9.17) is 4.74 Å². The van der Waals surface area contributed by atoms with Gasteiger partial charge in [-0.05, 0) is 16.7 Å². The molecule has 0 saturated heterocycles. The molecule has 0 aliphatic heterocycles. The molecule has 0 amide bonds. The van der Waals surface area contributed by atoms with Crippen LogP contribution in [0.2, 0.25) is 0 Å². The number of esters is 1. The van der Waals surface area contributed by atoms with Crippen LogP contribution >= 0.6 is 0 Å². The maximum atomic E-state index is 10.7. The predicted octanol–water partition coefficient (Wildman–Crippen LogP) is 2.90. The molecular weight excluding hydrogens is 200 g/mol. The van der Waals surface area contributed by atoms with Crippen molar-refractivity contribution in [1.29, 1.82) is 0 Å². The van der Waals surface area contributed by atoms with Crippen LogP contribution in [0.15, 0.2) is 42.5 Å². The molecule has 0 aromatic rings. The average molecular weight is 214 g/mol. The number of fused-ring (bicyclic) bond motifs is 1. The third-order valence-electron chi connectivity index (χ3n) is 2.56. The molecule has 0 aromatic heterocycles. The minimum Gasteiger partial charge on any atom is -0.466 e. The minimum atomic E-state index is -0.223. The standard InChI is InChI=1S/C14H14O2/c1-11(15)16-10-9-13-6-3-2-5-12-7-4-8-14(12)13/h2-8H,9-10H2,1H3. The van der Waals surface area contributed by atoms with Crippen LogP contribution in [0.5, 0.6) is 0 Å². The molecule has 0 aromatic carbocycles. The summed E-state index contributed by atoms with van der Waals surface area (Å²) in [5.74, 6) is -0.223. The van der Waals surface area contributed by atoms with Crippen molar-refractivity contribution < 1.29 is 9.53 Å². The molecule has 0 atom stereocenters. The van der Waals surface area contributed by atoms with Gasteiger partial charge in [0.15, 0.2) is 0 Å². The van der Waals surface area contributed by atoms with E-state index in [-0.39, 0.29) is 5.97 Å². The lowest BCUT2D eigenvalue weighted by Gasteiger charge is -2.04. The van der Waals surface area contributed by atoms with Gasteiger partial charge in [-0.15, -0.1) is 0 Å². The Bertz CT molecular complexity index is 462. The van der Waals surface area contributed by atoms with Gasteiger partial charge in [0.25, 0.3) is 0 Å². The third kappa shape index (κ3) is 2.40. The molecule has 0 bridgehead atoms. The van der Waals surface area contributed by atoms with E-state index < -0.39 is 0 Å². The zero-order valence-corrected chi connectivity index (χ0v) is 9.27. The summed E-state index contributed by atoms with van der Waals surface area (Å²) >= 11 is 0. The highest BCUT2D eigenvalue weighted by Crippen LogP contribution is 2.25. The van der Waals surface area contributed by atoms with Gasteiger partial charge >= 0.3 is 5.97 Å². The molecule has 2 nitrogen and oxygen atoms in total. The van der Waals surface area contributed by atoms with Gasteiger partial charge in [-0.2, -0.15) is 0 Å². The summed E-state index contributed by atoms with van der Waals surface area (Å²) in [6.07, 6.45) is 0.759. The van der Waals surface area contributed by atoms with Crippen LogP contribution in [0.4, 0.5) is 0 Å². The molecule has 2 rings (SSSR count). The van der Waals surface area contributed by atoms with Crippen molar-refractivity contribution in [2.45, 2.75) is 13.3 Å². The highest BCUT2D eigenvalue weighted by atomic mass is 16.5. The Labute approximate surface area is 95.2 Å². The molecule has 16 heavy (non-hydrogen) atoms. The van der Waals surface area contributed by atoms with E-state index >= 15 is 0 Å². The molecular formula is C14H14O2. The lowest BCUT2D eigenvalue weighted by atomic mass is 10.1. The van der Waals surface area contributed by atoms with Gasteiger partial charge < -0.3 is 4.74 Å². The summed E-state index contributed by atoms with van der Waals surface area (Å²) in [5, 5.41) is 0. The Morgan fingerprint density at radius 2 is 1.88 bits per heavy atom.